The van der Waals surface area contributed by atoms with Crippen LogP contribution in [0, 0.1) is 0 Å². The molecule has 10 nitrogen and oxygen atoms in total. The lowest BCUT2D eigenvalue weighted by molar-refractivity contribution is 0.509. The van der Waals surface area contributed by atoms with Gasteiger partial charge in [0.1, 0.15) is 6.33 Å². The second-order valence-electron chi connectivity index (χ2n) is 7.04. The Hall–Kier alpha value is -1.30. The van der Waals surface area contributed by atoms with Crippen molar-refractivity contribution in [1.82, 2.24) is 26.5 Å². The van der Waals surface area contributed by atoms with Crippen molar-refractivity contribution in [2.24, 2.45) is 0 Å². The van der Waals surface area contributed by atoms with Crippen LogP contribution in [0.2, 0.25) is 8.67 Å². The lowest BCUT2D eigenvalue weighted by Crippen LogP contribution is -2.29. The molecule has 4 aromatic heterocycles. The Morgan fingerprint density at radius 3 is 1.80 bits per heavy atom. The number of halogens is 3. The Morgan fingerprint density at radius 1 is 0.829 bits per heavy atom. The maximum absolute atomic E-state index is 12.2. The van der Waals surface area contributed by atoms with E-state index in [0.29, 0.717) is 20.1 Å². The van der Waals surface area contributed by atoms with E-state index in [9.17, 15) is 16.8 Å². The number of hydrogen-bond acceptors (Lipinski definition) is 8. The van der Waals surface area contributed by atoms with E-state index in [4.69, 9.17) is 23.2 Å². The molecule has 0 aliphatic carbocycles. The molecule has 0 amide bonds. The van der Waals surface area contributed by atoms with Gasteiger partial charge < -0.3 is 0 Å². The molecular weight excluding hydrogens is 643 g/mol. The highest BCUT2D eigenvalue weighted by atomic mass is 79.9. The van der Waals surface area contributed by atoms with Crippen LogP contribution in [0.4, 0.5) is 0 Å². The summed E-state index contributed by atoms with van der Waals surface area (Å²) in [5.41, 5.74) is 0.989. The molecule has 0 fully saturated rings. The van der Waals surface area contributed by atoms with Crippen LogP contribution in [-0.4, -0.2) is 71.5 Å². The van der Waals surface area contributed by atoms with Crippen molar-refractivity contribution in [3.8, 4) is 21.1 Å². The normalized spacial score (nSPS) is 12.3. The molecule has 0 radical (unpaired) electrons. The Morgan fingerprint density at radius 2 is 1.34 bits per heavy atom. The SMILES string of the molecule is CN(C)S(=O)(=O)n1c(-c2ccc(Cl)s2)cnc1Br.CN(C)S(=O)(=O)n1cncc1-c1ccc(Cl)s1. The maximum Gasteiger partial charge on any atom is 0.309 e. The second kappa shape index (κ2) is 11.0. The predicted octanol–water partition coefficient (Wildman–Crippen LogP) is 4.60. The molecule has 0 bridgehead atoms. The molecule has 0 saturated carbocycles. The van der Waals surface area contributed by atoms with Crippen LogP contribution in [0.1, 0.15) is 0 Å². The van der Waals surface area contributed by atoms with Crippen molar-refractivity contribution in [1.29, 1.82) is 0 Å². The van der Waals surface area contributed by atoms with Crippen molar-refractivity contribution in [2.75, 3.05) is 28.2 Å². The third-order valence-electron chi connectivity index (χ3n) is 4.34. The van der Waals surface area contributed by atoms with Crippen molar-refractivity contribution in [2.45, 2.75) is 0 Å². The molecule has 4 rings (SSSR count). The third kappa shape index (κ3) is 5.99. The van der Waals surface area contributed by atoms with Crippen molar-refractivity contribution in [3.05, 3.63) is 56.4 Å². The highest BCUT2D eigenvalue weighted by Crippen LogP contribution is 2.34. The van der Waals surface area contributed by atoms with Gasteiger partial charge in [-0.1, -0.05) is 23.2 Å². The predicted molar refractivity (Wildman–Crippen MR) is 145 cm³/mol. The largest absolute Gasteiger partial charge is 0.309 e. The van der Waals surface area contributed by atoms with Gasteiger partial charge >= 0.3 is 20.4 Å². The molecule has 17 heteroatoms. The minimum Gasteiger partial charge on any atom is -0.243 e. The number of thiophene rings is 2. The molecule has 4 aromatic rings. The Balaban J connectivity index is 0.000000196. The van der Waals surface area contributed by atoms with Gasteiger partial charge in [0, 0.05) is 28.2 Å². The van der Waals surface area contributed by atoms with Gasteiger partial charge in [0.2, 0.25) is 0 Å². The molecule has 0 unspecified atom stereocenters. The van der Waals surface area contributed by atoms with Crippen LogP contribution in [0.15, 0.2) is 47.7 Å². The molecule has 4 heterocycles. The quantitative estimate of drug-likeness (QED) is 0.299. The summed E-state index contributed by atoms with van der Waals surface area (Å²) < 4.78 is 54.4. The fraction of sp³-hybridized carbons (Fsp3) is 0.222. The summed E-state index contributed by atoms with van der Waals surface area (Å²) >= 11 is 17.4. The lowest BCUT2D eigenvalue weighted by atomic mass is 10.4. The minimum atomic E-state index is -3.63. The molecule has 35 heavy (non-hydrogen) atoms. The monoisotopic (exact) mass is 660 g/mol. The van der Waals surface area contributed by atoms with Gasteiger partial charge in [-0.2, -0.15) is 29.4 Å². The molecule has 0 N–H and O–H groups in total. The first-order valence-corrected chi connectivity index (χ1v) is 15.4. The fourth-order valence-corrected chi connectivity index (χ4v) is 7.51. The lowest BCUT2D eigenvalue weighted by Gasteiger charge is -2.14. The smallest absolute Gasteiger partial charge is 0.243 e. The van der Waals surface area contributed by atoms with Crippen LogP contribution in [0.5, 0.6) is 0 Å². The van der Waals surface area contributed by atoms with Crippen molar-refractivity contribution < 1.29 is 16.8 Å². The molecule has 0 aliphatic rings. The van der Waals surface area contributed by atoms with Crippen molar-refractivity contribution >= 4 is 82.2 Å². The number of nitrogens with zero attached hydrogens (tertiary/aromatic N) is 6. The van der Waals surface area contributed by atoms with Gasteiger partial charge in [0.05, 0.1) is 42.2 Å². The van der Waals surface area contributed by atoms with Gasteiger partial charge in [-0.25, -0.2) is 13.9 Å². The number of rotatable bonds is 6. The van der Waals surface area contributed by atoms with E-state index in [2.05, 4.69) is 25.9 Å². The zero-order chi connectivity index (χ0) is 26.1. The van der Waals surface area contributed by atoms with E-state index >= 15 is 0 Å². The van der Waals surface area contributed by atoms with Crippen molar-refractivity contribution in [3.63, 3.8) is 0 Å². The first kappa shape index (κ1) is 28.3. The Labute approximate surface area is 229 Å². The first-order valence-electron chi connectivity index (χ1n) is 9.40. The molecular formula is C18H19BrCl2N6O4S4. The summed E-state index contributed by atoms with van der Waals surface area (Å²) in [6, 6.07) is 6.97. The topological polar surface area (TPSA) is 110 Å². The van der Waals surface area contributed by atoms with Crippen LogP contribution in [0.3, 0.4) is 0 Å². The van der Waals surface area contributed by atoms with E-state index in [-0.39, 0.29) is 4.73 Å². The van der Waals surface area contributed by atoms with Gasteiger partial charge in [-0.05, 0) is 40.2 Å². The zero-order valence-corrected chi connectivity index (χ0v) is 25.0. The van der Waals surface area contributed by atoms with E-state index < -0.39 is 20.4 Å². The standard InChI is InChI=1S/C9H9BrClN3O2S2.C9H10ClN3O2S2/c1-13(2)18(15,16)14-6(5-12-9(14)10)7-3-4-8(11)17-7;1-12(2)17(14,15)13-6-11-5-7(13)8-3-4-9(10)16-8/h3-5H,1-2H3;3-6H,1-2H3. The third-order valence-corrected chi connectivity index (χ3v) is 11.1. The highest BCUT2D eigenvalue weighted by Gasteiger charge is 2.25. The molecule has 0 aromatic carbocycles. The zero-order valence-electron chi connectivity index (χ0n) is 18.6. The van der Waals surface area contributed by atoms with E-state index in [0.717, 1.165) is 26.3 Å². The summed E-state index contributed by atoms with van der Waals surface area (Å²) in [6.07, 6.45) is 4.27. The van der Waals surface area contributed by atoms with Gasteiger partial charge in [0.15, 0.2) is 4.73 Å². The van der Waals surface area contributed by atoms with Gasteiger partial charge in [-0.3, -0.25) is 0 Å². The second-order valence-corrected chi connectivity index (χ2v) is 15.2. The number of hydrogen-bond donors (Lipinski definition) is 0. The summed E-state index contributed by atoms with van der Waals surface area (Å²) in [6.45, 7) is 0. The van der Waals surface area contributed by atoms with Gasteiger partial charge in [-0.15, -0.1) is 22.7 Å². The molecule has 0 aliphatic heterocycles. The van der Waals surface area contributed by atoms with Crippen LogP contribution in [-0.2, 0) is 20.4 Å². The molecule has 0 saturated heterocycles. The maximum atomic E-state index is 12.2. The average molecular weight is 662 g/mol. The van der Waals surface area contributed by atoms with Gasteiger partial charge in [0.25, 0.3) is 0 Å². The Bertz CT molecular complexity index is 1540. The van der Waals surface area contributed by atoms with Crippen LogP contribution >= 0.6 is 61.8 Å². The average Bonchev–Trinajstić information content (AvgIpc) is 3.54. The van der Waals surface area contributed by atoms with Crippen LogP contribution < -0.4 is 0 Å². The first-order chi connectivity index (χ1) is 16.3. The molecule has 190 valence electrons. The summed E-state index contributed by atoms with van der Waals surface area (Å²) in [7, 11) is -1.31. The fourth-order valence-electron chi connectivity index (χ4n) is 2.58. The summed E-state index contributed by atoms with van der Waals surface area (Å²) in [5.74, 6) is 0. The number of aromatic nitrogens is 4. The summed E-state index contributed by atoms with van der Waals surface area (Å²) in [4.78, 5) is 9.37. The minimum absolute atomic E-state index is 0.232. The molecule has 0 atom stereocenters. The van der Waals surface area contributed by atoms with E-state index in [1.165, 1.54) is 69.6 Å². The highest BCUT2D eigenvalue weighted by molar-refractivity contribution is 9.10. The summed E-state index contributed by atoms with van der Waals surface area (Å²) in [5, 5.41) is 0. The van der Waals surface area contributed by atoms with Crippen LogP contribution in [0.25, 0.3) is 21.1 Å². The van der Waals surface area contributed by atoms with E-state index in [1.54, 1.807) is 24.3 Å². The number of imidazole rings is 2. The molecule has 0 spiro atoms. The Kier molecular flexibility index (Phi) is 8.87. The van der Waals surface area contributed by atoms with E-state index in [1.807, 2.05) is 0 Å².